The van der Waals surface area contributed by atoms with E-state index in [2.05, 4.69) is 37.2 Å². The van der Waals surface area contributed by atoms with Crippen LogP contribution >= 0.6 is 0 Å². The van der Waals surface area contributed by atoms with Crippen molar-refractivity contribution in [2.24, 2.45) is 17.4 Å². The van der Waals surface area contributed by atoms with E-state index < -0.39 is 54.4 Å². The van der Waals surface area contributed by atoms with E-state index >= 15 is 0 Å². The first kappa shape index (κ1) is 41.7. The third-order valence-electron chi connectivity index (χ3n) is 6.16. The van der Waals surface area contributed by atoms with Crippen LogP contribution in [0.2, 0.25) is 0 Å². The fraction of sp³-hybridized carbons (Fsp3) is 0.815. The van der Waals surface area contributed by atoms with Gasteiger partial charge in [-0.15, -0.1) is 0 Å². The Morgan fingerprint density at radius 2 is 1.44 bits per heavy atom. The lowest BCUT2D eigenvalue weighted by atomic mass is 10.00. The summed E-state index contributed by atoms with van der Waals surface area (Å²) in [6, 6.07) is -2.59. The molecule has 0 heterocycles. The number of hydrogen-bond donors (Lipinski definition) is 14. The quantitative estimate of drug-likeness (QED) is 0.0176. The normalized spacial score (nSPS) is 15.6. The second-order valence-electron chi connectivity index (χ2n) is 12.1. The van der Waals surface area contributed by atoms with Gasteiger partial charge in [0.1, 0.15) is 30.6 Å². The number of amides is 2. The molecule has 0 bridgehead atoms. The maximum absolute atomic E-state index is 13.0. The first-order valence-corrected chi connectivity index (χ1v) is 15.1. The van der Waals surface area contributed by atoms with Crippen LogP contribution in [-0.2, 0) is 14.3 Å². The second-order valence-corrected chi connectivity index (χ2v) is 12.1. The minimum Gasteiger partial charge on any atom is -0.444 e. The van der Waals surface area contributed by atoms with Crippen LogP contribution in [0.25, 0.3) is 0 Å². The molecule has 0 fully saturated rings. The average molecular weight is 648 g/mol. The standard InChI is InChI=1S/C27H57N11O7/c1-16(2)14-19(37-22(42)18(9-7-11-34-25(30)31)38-26(44)45-27(3,4)5)23(43)36-17(8-6-10-33-24(28)29)21(41)35-15-20(40)32-12-13-39/h13,16-20,22-23,32,36-37,40,42-43H,6-12,14-15H2,1-5H3,(H,35,41)(H,38,44)(H4,28,29,33)(H4,30,31,34)/t17-,18-,19+,20?,22?,23?/m0/s1. The summed E-state index contributed by atoms with van der Waals surface area (Å²) in [5.41, 5.74) is 9.90. The fourth-order valence-electron chi connectivity index (χ4n) is 4.16. The van der Waals surface area contributed by atoms with E-state index in [-0.39, 0.29) is 43.8 Å². The van der Waals surface area contributed by atoms with Crippen molar-refractivity contribution < 1.29 is 34.4 Å². The number of carbonyl (C=O) groups is 3. The fourth-order valence-corrected chi connectivity index (χ4v) is 4.16. The Bertz CT molecular complexity index is 905. The molecule has 0 spiro atoms. The topological polar surface area (TPSA) is 305 Å². The smallest absolute Gasteiger partial charge is 0.408 e. The maximum atomic E-state index is 13.0. The van der Waals surface area contributed by atoms with Gasteiger partial charge in [-0.3, -0.25) is 31.6 Å². The van der Waals surface area contributed by atoms with Crippen LogP contribution in [0, 0.1) is 16.7 Å². The summed E-state index contributed by atoms with van der Waals surface area (Å²) >= 11 is 0. The van der Waals surface area contributed by atoms with Gasteiger partial charge in [-0.1, -0.05) is 13.8 Å². The van der Waals surface area contributed by atoms with Crippen molar-refractivity contribution in [2.45, 2.75) is 109 Å². The van der Waals surface area contributed by atoms with Crippen LogP contribution in [0.15, 0.2) is 0 Å². The molecule has 6 atom stereocenters. The molecule has 0 aromatic carbocycles. The lowest BCUT2D eigenvalue weighted by Gasteiger charge is -2.34. The molecule has 0 aromatic rings. The molecular formula is C27H57N11O7. The number of alkyl carbamates (subject to hydrolysis) is 1. The first-order valence-electron chi connectivity index (χ1n) is 15.1. The number of guanidine groups is 2. The summed E-state index contributed by atoms with van der Waals surface area (Å²) < 4.78 is 5.35. The number of ether oxygens (including phenoxy) is 1. The van der Waals surface area contributed by atoms with Crippen LogP contribution in [0.5, 0.6) is 0 Å². The summed E-state index contributed by atoms with van der Waals surface area (Å²) in [6.07, 6.45) is -2.37. The summed E-state index contributed by atoms with van der Waals surface area (Å²) in [4.78, 5) is 36.1. The van der Waals surface area contributed by atoms with Crippen LogP contribution < -0.4 is 48.7 Å². The number of nitrogens with two attached hydrogens (primary N) is 2. The first-order chi connectivity index (χ1) is 20.9. The lowest BCUT2D eigenvalue weighted by Crippen LogP contribution is -2.61. The molecular weight excluding hydrogens is 590 g/mol. The number of carbonyl (C=O) groups excluding carboxylic acids is 3. The number of aldehydes is 1. The summed E-state index contributed by atoms with van der Waals surface area (Å²) in [7, 11) is 0. The van der Waals surface area contributed by atoms with E-state index in [0.29, 0.717) is 38.6 Å². The van der Waals surface area contributed by atoms with Crippen molar-refractivity contribution in [2.75, 3.05) is 26.2 Å². The number of aliphatic hydroxyl groups excluding tert-OH is 3. The Kier molecular flexibility index (Phi) is 20.6. The molecule has 45 heavy (non-hydrogen) atoms. The Balaban J connectivity index is 5.76. The molecule has 18 heteroatoms. The van der Waals surface area contributed by atoms with Gasteiger partial charge in [0.05, 0.1) is 25.2 Å². The third kappa shape index (κ3) is 22.0. The minimum absolute atomic E-state index is 0.0502. The molecule has 3 unspecified atom stereocenters. The zero-order valence-electron chi connectivity index (χ0n) is 27.1. The number of nitrogens with one attached hydrogen (secondary N) is 9. The van der Waals surface area contributed by atoms with E-state index in [9.17, 15) is 29.7 Å². The zero-order chi connectivity index (χ0) is 34.6. The summed E-state index contributed by atoms with van der Waals surface area (Å²) in [6.45, 7) is 9.28. The highest BCUT2D eigenvalue weighted by atomic mass is 16.6. The molecule has 0 aliphatic rings. The van der Waals surface area contributed by atoms with Gasteiger partial charge in [0.15, 0.2) is 11.9 Å². The average Bonchev–Trinajstić information content (AvgIpc) is 2.91. The monoisotopic (exact) mass is 647 g/mol. The molecule has 0 aromatic heterocycles. The lowest BCUT2D eigenvalue weighted by molar-refractivity contribution is -0.125. The van der Waals surface area contributed by atoms with E-state index in [0.717, 1.165) is 0 Å². The van der Waals surface area contributed by atoms with E-state index in [4.69, 9.17) is 27.0 Å². The van der Waals surface area contributed by atoms with E-state index in [1.165, 1.54) is 0 Å². The highest BCUT2D eigenvalue weighted by Crippen LogP contribution is 2.13. The molecule has 0 rings (SSSR count). The van der Waals surface area contributed by atoms with E-state index in [1.54, 1.807) is 20.8 Å². The van der Waals surface area contributed by atoms with Crippen molar-refractivity contribution in [1.29, 1.82) is 10.8 Å². The van der Waals surface area contributed by atoms with Crippen LogP contribution in [0.4, 0.5) is 4.79 Å². The largest absolute Gasteiger partial charge is 0.444 e. The van der Waals surface area contributed by atoms with Gasteiger partial charge in [-0.25, -0.2) is 4.79 Å². The van der Waals surface area contributed by atoms with Crippen molar-refractivity contribution >= 4 is 30.2 Å². The molecule has 262 valence electrons. The number of hydrogen-bond acceptors (Lipinski definition) is 12. The third-order valence-corrected chi connectivity index (χ3v) is 6.16. The van der Waals surface area contributed by atoms with Gasteiger partial charge in [-0.05, 0) is 58.8 Å². The SMILES string of the molecule is CC(C)C[C@@H](NC(O)[C@H](CCCNC(=N)N)NC(=O)OC(C)(C)C)C(O)N[C@@H](CCCNC(=N)N)C(=O)NCC(O)NCC=O. The molecule has 18 nitrogen and oxygen atoms in total. The van der Waals surface area contributed by atoms with Gasteiger partial charge in [0.25, 0.3) is 0 Å². The Morgan fingerprint density at radius 3 is 1.96 bits per heavy atom. The molecule has 16 N–H and O–H groups in total. The van der Waals surface area contributed by atoms with Crippen LogP contribution in [0.3, 0.4) is 0 Å². The maximum Gasteiger partial charge on any atom is 0.408 e. The van der Waals surface area contributed by atoms with Crippen LogP contribution in [-0.4, -0.2) is 114 Å². The van der Waals surface area contributed by atoms with Crippen LogP contribution in [0.1, 0.15) is 66.7 Å². The zero-order valence-corrected chi connectivity index (χ0v) is 27.1. The van der Waals surface area contributed by atoms with Gasteiger partial charge >= 0.3 is 6.09 Å². The Labute approximate surface area is 265 Å². The molecule has 0 aliphatic heterocycles. The Hall–Kier alpha value is -3.29. The molecule has 0 aliphatic carbocycles. The van der Waals surface area contributed by atoms with Gasteiger partial charge < -0.3 is 57.6 Å². The number of rotatable bonds is 23. The minimum atomic E-state index is -1.35. The van der Waals surface area contributed by atoms with Crippen molar-refractivity contribution in [3.63, 3.8) is 0 Å². The second kappa shape index (κ2) is 22.3. The summed E-state index contributed by atoms with van der Waals surface area (Å²) in [5.74, 6) is -0.918. The molecule has 0 saturated carbocycles. The van der Waals surface area contributed by atoms with Crippen molar-refractivity contribution in [1.82, 2.24) is 37.2 Å². The molecule has 2 amide bonds. The summed E-state index contributed by atoms with van der Waals surface area (Å²) in [5, 5.41) is 66.0. The van der Waals surface area contributed by atoms with Gasteiger partial charge in [0, 0.05) is 19.1 Å². The van der Waals surface area contributed by atoms with Crippen molar-refractivity contribution in [3.8, 4) is 0 Å². The Morgan fingerprint density at radius 1 is 0.889 bits per heavy atom. The van der Waals surface area contributed by atoms with Crippen molar-refractivity contribution in [3.05, 3.63) is 0 Å². The highest BCUT2D eigenvalue weighted by molar-refractivity contribution is 5.81. The molecule has 0 saturated heterocycles. The van der Waals surface area contributed by atoms with Gasteiger partial charge in [0.2, 0.25) is 5.91 Å². The van der Waals surface area contributed by atoms with E-state index in [1.807, 2.05) is 13.8 Å². The predicted octanol–water partition coefficient (Wildman–Crippen LogP) is -2.77. The highest BCUT2D eigenvalue weighted by Gasteiger charge is 2.31. The number of aliphatic hydroxyl groups is 3. The predicted molar refractivity (Wildman–Crippen MR) is 170 cm³/mol. The molecule has 0 radical (unpaired) electrons. The van der Waals surface area contributed by atoms with Gasteiger partial charge in [-0.2, -0.15) is 0 Å².